The highest BCUT2D eigenvalue weighted by atomic mass is 15.2. The highest BCUT2D eigenvalue weighted by molar-refractivity contribution is 6.21. The maximum Gasteiger partial charge on any atom is 0.235 e. The molecule has 0 N–H and O–H groups in total. The molecule has 0 fully saturated rings. The van der Waals surface area contributed by atoms with Gasteiger partial charge in [0.1, 0.15) is 0 Å². The van der Waals surface area contributed by atoms with Crippen LogP contribution in [-0.4, -0.2) is 19.1 Å². The van der Waals surface area contributed by atoms with E-state index in [-0.39, 0.29) is 0 Å². The quantitative estimate of drug-likeness (QED) is 0.182. The zero-order chi connectivity index (χ0) is 36.7. The van der Waals surface area contributed by atoms with E-state index >= 15 is 0 Å². The lowest BCUT2D eigenvalue weighted by atomic mass is 10.0. The van der Waals surface area contributed by atoms with Crippen molar-refractivity contribution in [3.05, 3.63) is 194 Å². The van der Waals surface area contributed by atoms with Gasteiger partial charge in [-0.15, -0.1) is 0 Å². The van der Waals surface area contributed by atoms with Crippen molar-refractivity contribution in [1.82, 2.24) is 19.1 Å². The fraction of sp³-hybridized carbons (Fsp3) is 0. The molecule has 0 saturated heterocycles. The molecule has 12 rings (SSSR count). The van der Waals surface area contributed by atoms with Crippen molar-refractivity contribution in [2.45, 2.75) is 0 Å². The number of fused-ring (bicyclic) bond motifs is 10. The number of hydrogen-bond donors (Lipinski definition) is 0. The smallest absolute Gasteiger partial charge is 0.235 e. The molecule has 0 saturated carbocycles. The van der Waals surface area contributed by atoms with Crippen LogP contribution in [0, 0.1) is 0 Å². The van der Waals surface area contributed by atoms with Gasteiger partial charge in [-0.05, 0) is 87.3 Å². The first-order valence-electron chi connectivity index (χ1n) is 19.1. The Bertz CT molecular complexity index is 3530. The standard InChI is InChI=1S/C52H32N4/c1-2-13-36-31-37(22-21-33(36)11-1)34-23-27-39(28-24-34)55-46-19-9-6-15-41(46)44-32-38(26-29-48(44)55)51-42-16-5-8-18-45(42)53-52(54-51)56-47-20-10-7-17-43(47)50-40-14-4-3-12-35(40)25-30-49(50)56/h1-32H. The van der Waals surface area contributed by atoms with Crippen molar-refractivity contribution < 1.29 is 0 Å². The molecular formula is C52H32N4. The molecule has 56 heavy (non-hydrogen) atoms. The second-order valence-electron chi connectivity index (χ2n) is 14.6. The Labute approximate surface area is 322 Å². The topological polar surface area (TPSA) is 35.6 Å². The molecule has 12 aromatic rings. The van der Waals surface area contributed by atoms with Gasteiger partial charge in [0.2, 0.25) is 5.95 Å². The number of para-hydroxylation sites is 3. The first-order chi connectivity index (χ1) is 27.8. The zero-order valence-electron chi connectivity index (χ0n) is 30.3. The van der Waals surface area contributed by atoms with Crippen LogP contribution in [-0.2, 0) is 0 Å². The largest absolute Gasteiger partial charge is 0.309 e. The van der Waals surface area contributed by atoms with Gasteiger partial charge in [0.15, 0.2) is 0 Å². The third-order valence-corrected chi connectivity index (χ3v) is 11.5. The van der Waals surface area contributed by atoms with E-state index in [9.17, 15) is 0 Å². The Balaban J connectivity index is 1.04. The zero-order valence-corrected chi connectivity index (χ0v) is 30.3. The highest BCUT2D eigenvalue weighted by Crippen LogP contribution is 2.39. The average Bonchev–Trinajstić information content (AvgIpc) is 3.79. The Morgan fingerprint density at radius 1 is 0.321 bits per heavy atom. The van der Waals surface area contributed by atoms with Crippen molar-refractivity contribution in [2.24, 2.45) is 0 Å². The Kier molecular flexibility index (Phi) is 6.60. The number of aromatic nitrogens is 4. The van der Waals surface area contributed by atoms with Gasteiger partial charge in [0.05, 0.1) is 33.3 Å². The molecule has 260 valence electrons. The number of nitrogens with zero attached hydrogens (tertiary/aromatic N) is 4. The van der Waals surface area contributed by atoms with Crippen LogP contribution in [0.25, 0.3) is 110 Å². The first kappa shape index (κ1) is 30.9. The Hall–Kier alpha value is -7.56. The third kappa shape index (κ3) is 4.60. The van der Waals surface area contributed by atoms with Crippen LogP contribution in [0.2, 0.25) is 0 Å². The van der Waals surface area contributed by atoms with Gasteiger partial charge in [0, 0.05) is 38.2 Å². The SMILES string of the molecule is c1ccc2cc(-c3ccc(-n4c5ccccc5c5cc(-c6nc(-n7c8ccccc8c8c9ccccc9ccc87)nc7ccccc67)ccc54)cc3)ccc2c1. The molecule has 4 nitrogen and oxygen atoms in total. The number of benzene rings is 9. The second kappa shape index (κ2) is 12.0. The molecule has 0 radical (unpaired) electrons. The molecule has 0 atom stereocenters. The third-order valence-electron chi connectivity index (χ3n) is 11.5. The lowest BCUT2D eigenvalue weighted by molar-refractivity contribution is 1.01. The Morgan fingerprint density at radius 2 is 0.911 bits per heavy atom. The summed E-state index contributed by atoms with van der Waals surface area (Å²) < 4.78 is 4.61. The van der Waals surface area contributed by atoms with E-state index in [1.807, 2.05) is 0 Å². The van der Waals surface area contributed by atoms with Gasteiger partial charge in [-0.2, -0.15) is 0 Å². The van der Waals surface area contributed by atoms with Crippen molar-refractivity contribution in [3.8, 4) is 34.0 Å². The molecule has 0 unspecified atom stereocenters. The molecule has 4 heteroatoms. The van der Waals surface area contributed by atoms with Crippen LogP contribution in [0.3, 0.4) is 0 Å². The second-order valence-corrected chi connectivity index (χ2v) is 14.6. The van der Waals surface area contributed by atoms with E-state index in [1.54, 1.807) is 0 Å². The van der Waals surface area contributed by atoms with Crippen LogP contribution in [0.4, 0.5) is 0 Å². The van der Waals surface area contributed by atoms with Crippen LogP contribution in [0.1, 0.15) is 0 Å². The van der Waals surface area contributed by atoms with E-state index in [1.165, 1.54) is 59.7 Å². The Morgan fingerprint density at radius 3 is 1.75 bits per heavy atom. The predicted molar refractivity (Wildman–Crippen MR) is 234 cm³/mol. The normalized spacial score (nSPS) is 11.9. The lowest BCUT2D eigenvalue weighted by Crippen LogP contribution is -2.03. The highest BCUT2D eigenvalue weighted by Gasteiger charge is 2.20. The van der Waals surface area contributed by atoms with Crippen LogP contribution in [0.15, 0.2) is 194 Å². The summed E-state index contributed by atoms with van der Waals surface area (Å²) in [7, 11) is 0. The minimum atomic E-state index is 0.661. The molecule has 0 aliphatic carbocycles. The van der Waals surface area contributed by atoms with Gasteiger partial charge in [-0.25, -0.2) is 9.97 Å². The maximum atomic E-state index is 5.45. The summed E-state index contributed by atoms with van der Waals surface area (Å²) in [4.78, 5) is 10.7. The summed E-state index contributed by atoms with van der Waals surface area (Å²) in [5, 5.41) is 10.8. The molecule has 3 aromatic heterocycles. The van der Waals surface area contributed by atoms with Gasteiger partial charge in [-0.3, -0.25) is 4.57 Å². The minimum Gasteiger partial charge on any atom is -0.309 e. The van der Waals surface area contributed by atoms with Crippen LogP contribution in [0.5, 0.6) is 0 Å². The number of rotatable bonds is 4. The first-order valence-corrected chi connectivity index (χ1v) is 19.1. The van der Waals surface area contributed by atoms with Crippen LogP contribution < -0.4 is 0 Å². The minimum absolute atomic E-state index is 0.661. The predicted octanol–water partition coefficient (Wildman–Crippen LogP) is 13.5. The van der Waals surface area contributed by atoms with Crippen molar-refractivity contribution in [2.75, 3.05) is 0 Å². The molecule has 0 bridgehead atoms. The summed E-state index contributed by atoms with van der Waals surface area (Å²) in [6.45, 7) is 0. The van der Waals surface area contributed by atoms with Gasteiger partial charge < -0.3 is 4.57 Å². The van der Waals surface area contributed by atoms with Crippen molar-refractivity contribution in [1.29, 1.82) is 0 Å². The van der Waals surface area contributed by atoms with E-state index in [0.717, 1.165) is 44.4 Å². The summed E-state index contributed by atoms with van der Waals surface area (Å²) in [6, 6.07) is 69.7. The summed E-state index contributed by atoms with van der Waals surface area (Å²) in [5.41, 5.74) is 10.9. The van der Waals surface area contributed by atoms with E-state index in [0.29, 0.717) is 5.95 Å². The van der Waals surface area contributed by atoms with Gasteiger partial charge in [0.25, 0.3) is 0 Å². The van der Waals surface area contributed by atoms with E-state index < -0.39 is 0 Å². The fourth-order valence-corrected chi connectivity index (χ4v) is 8.91. The van der Waals surface area contributed by atoms with Gasteiger partial charge in [-0.1, -0.05) is 140 Å². The molecular weight excluding hydrogens is 681 g/mol. The van der Waals surface area contributed by atoms with E-state index in [2.05, 4.69) is 203 Å². The molecule has 9 aromatic carbocycles. The monoisotopic (exact) mass is 712 g/mol. The average molecular weight is 713 g/mol. The van der Waals surface area contributed by atoms with Crippen molar-refractivity contribution >= 4 is 76.1 Å². The van der Waals surface area contributed by atoms with Crippen molar-refractivity contribution in [3.63, 3.8) is 0 Å². The maximum absolute atomic E-state index is 5.45. The fourth-order valence-electron chi connectivity index (χ4n) is 8.91. The molecule has 0 spiro atoms. The molecule has 0 amide bonds. The summed E-state index contributed by atoms with van der Waals surface area (Å²) in [5.74, 6) is 0.661. The number of hydrogen-bond acceptors (Lipinski definition) is 2. The molecule has 0 aliphatic rings. The molecule has 0 aliphatic heterocycles. The molecule has 3 heterocycles. The summed E-state index contributed by atoms with van der Waals surface area (Å²) >= 11 is 0. The van der Waals surface area contributed by atoms with Crippen LogP contribution >= 0.6 is 0 Å². The lowest BCUT2D eigenvalue weighted by Gasteiger charge is -2.13. The van der Waals surface area contributed by atoms with Gasteiger partial charge >= 0.3 is 0 Å². The van der Waals surface area contributed by atoms with E-state index in [4.69, 9.17) is 9.97 Å². The summed E-state index contributed by atoms with van der Waals surface area (Å²) in [6.07, 6.45) is 0.